The highest BCUT2D eigenvalue weighted by atomic mass is 19.4. The van der Waals surface area contributed by atoms with Crippen LogP contribution < -0.4 is 0 Å². The molecule has 110 valence electrons. The standard InChI is InChI=1S/C18H17F3/c1-4-13-8-9-16(18(19,20)21)11-17(13)15-7-5-6-14(10-15)12(2)3/h4-12H,1H2,2-3H3. The highest BCUT2D eigenvalue weighted by Crippen LogP contribution is 2.35. The molecule has 0 aliphatic carbocycles. The van der Waals surface area contributed by atoms with Crippen LogP contribution in [0.2, 0.25) is 0 Å². The number of hydrogen-bond donors (Lipinski definition) is 0. The molecule has 0 N–H and O–H groups in total. The molecule has 0 amide bonds. The molecule has 2 aromatic rings. The summed E-state index contributed by atoms with van der Waals surface area (Å²) in [5, 5.41) is 0. The molecule has 2 aromatic carbocycles. The number of rotatable bonds is 3. The van der Waals surface area contributed by atoms with E-state index in [-0.39, 0.29) is 0 Å². The maximum Gasteiger partial charge on any atom is 0.416 e. The Kier molecular flexibility index (Phi) is 4.21. The lowest BCUT2D eigenvalue weighted by atomic mass is 9.93. The monoisotopic (exact) mass is 290 g/mol. The maximum absolute atomic E-state index is 12.9. The fraction of sp³-hybridized carbons (Fsp3) is 0.222. The first-order valence-corrected chi connectivity index (χ1v) is 6.77. The van der Waals surface area contributed by atoms with Crippen LogP contribution in [-0.2, 0) is 6.18 Å². The largest absolute Gasteiger partial charge is 0.416 e. The third kappa shape index (κ3) is 3.35. The maximum atomic E-state index is 12.9. The third-order valence-corrected chi connectivity index (χ3v) is 3.46. The normalized spacial score (nSPS) is 11.7. The first kappa shape index (κ1) is 15.4. The van der Waals surface area contributed by atoms with Crippen LogP contribution in [0.5, 0.6) is 0 Å². The lowest BCUT2D eigenvalue weighted by Crippen LogP contribution is -2.05. The molecule has 0 aliphatic heterocycles. The Morgan fingerprint density at radius 3 is 2.33 bits per heavy atom. The van der Waals surface area contributed by atoms with Crippen molar-refractivity contribution in [3.63, 3.8) is 0 Å². The predicted molar refractivity (Wildman–Crippen MR) is 81.1 cm³/mol. The molecule has 0 aliphatic rings. The zero-order chi connectivity index (χ0) is 15.6. The zero-order valence-corrected chi connectivity index (χ0v) is 12.0. The summed E-state index contributed by atoms with van der Waals surface area (Å²) in [6, 6.07) is 11.4. The summed E-state index contributed by atoms with van der Waals surface area (Å²) in [6.07, 6.45) is -2.76. The van der Waals surface area contributed by atoms with E-state index in [1.807, 2.05) is 24.3 Å². The Hall–Kier alpha value is -2.03. The van der Waals surface area contributed by atoms with E-state index >= 15 is 0 Å². The van der Waals surface area contributed by atoms with Gasteiger partial charge in [0.15, 0.2) is 0 Å². The Bertz CT molecular complexity index is 652. The second-order valence-corrected chi connectivity index (χ2v) is 5.28. The Morgan fingerprint density at radius 2 is 1.76 bits per heavy atom. The van der Waals surface area contributed by atoms with Gasteiger partial charge in [-0.25, -0.2) is 0 Å². The molecule has 0 saturated carbocycles. The van der Waals surface area contributed by atoms with Gasteiger partial charge in [0.2, 0.25) is 0 Å². The van der Waals surface area contributed by atoms with Gasteiger partial charge in [0.25, 0.3) is 0 Å². The number of benzene rings is 2. The van der Waals surface area contributed by atoms with Crippen molar-refractivity contribution in [3.05, 3.63) is 65.7 Å². The number of halogens is 3. The zero-order valence-electron chi connectivity index (χ0n) is 12.0. The van der Waals surface area contributed by atoms with E-state index in [9.17, 15) is 13.2 Å². The van der Waals surface area contributed by atoms with E-state index in [0.29, 0.717) is 17.0 Å². The summed E-state index contributed by atoms with van der Waals surface area (Å²) < 4.78 is 38.7. The van der Waals surface area contributed by atoms with Crippen molar-refractivity contribution in [2.24, 2.45) is 0 Å². The van der Waals surface area contributed by atoms with Crippen LogP contribution in [0.15, 0.2) is 49.0 Å². The summed E-state index contributed by atoms with van der Waals surface area (Å²) in [5.74, 6) is 0.322. The SMILES string of the molecule is C=Cc1ccc(C(F)(F)F)cc1-c1cccc(C(C)C)c1. The Balaban J connectivity index is 2.61. The molecule has 0 saturated heterocycles. The van der Waals surface area contributed by atoms with Crippen molar-refractivity contribution in [2.45, 2.75) is 25.9 Å². The number of hydrogen-bond acceptors (Lipinski definition) is 0. The third-order valence-electron chi connectivity index (χ3n) is 3.46. The highest BCUT2D eigenvalue weighted by Gasteiger charge is 2.30. The molecule has 3 heteroatoms. The van der Waals surface area contributed by atoms with E-state index in [1.165, 1.54) is 12.1 Å². The molecule has 0 aromatic heterocycles. The molecule has 0 unspecified atom stereocenters. The summed E-state index contributed by atoms with van der Waals surface area (Å²) in [6.45, 7) is 7.80. The van der Waals surface area contributed by atoms with Gasteiger partial charge in [-0.15, -0.1) is 0 Å². The van der Waals surface area contributed by atoms with Crippen molar-refractivity contribution in [3.8, 4) is 11.1 Å². The summed E-state index contributed by atoms with van der Waals surface area (Å²) >= 11 is 0. The first-order valence-electron chi connectivity index (χ1n) is 6.77. The van der Waals surface area contributed by atoms with Gasteiger partial charge in [-0.05, 0) is 40.3 Å². The van der Waals surface area contributed by atoms with Crippen LogP contribution in [0.3, 0.4) is 0 Å². The molecule has 0 bridgehead atoms. The van der Waals surface area contributed by atoms with Crippen LogP contribution in [0.25, 0.3) is 17.2 Å². The molecule has 0 atom stereocenters. The molecule has 21 heavy (non-hydrogen) atoms. The van der Waals surface area contributed by atoms with Crippen LogP contribution in [-0.4, -0.2) is 0 Å². The molecule has 0 fully saturated rings. The highest BCUT2D eigenvalue weighted by molar-refractivity contribution is 5.76. The van der Waals surface area contributed by atoms with Crippen molar-refractivity contribution >= 4 is 6.08 Å². The lowest BCUT2D eigenvalue weighted by molar-refractivity contribution is -0.137. The molecule has 0 heterocycles. The van der Waals surface area contributed by atoms with Gasteiger partial charge in [0.05, 0.1) is 5.56 Å². The van der Waals surface area contributed by atoms with E-state index in [2.05, 4.69) is 20.4 Å². The van der Waals surface area contributed by atoms with Crippen LogP contribution in [0, 0.1) is 0 Å². The summed E-state index contributed by atoms with van der Waals surface area (Å²) in [7, 11) is 0. The van der Waals surface area contributed by atoms with Crippen molar-refractivity contribution in [1.82, 2.24) is 0 Å². The minimum atomic E-state index is -4.34. The summed E-state index contributed by atoms with van der Waals surface area (Å²) in [5.41, 5.74) is 2.49. The van der Waals surface area contributed by atoms with Crippen LogP contribution >= 0.6 is 0 Å². The fourth-order valence-electron chi connectivity index (χ4n) is 2.23. The lowest BCUT2D eigenvalue weighted by Gasteiger charge is -2.13. The average Bonchev–Trinajstić information content (AvgIpc) is 2.45. The Labute approximate surface area is 122 Å². The van der Waals surface area contributed by atoms with Gasteiger partial charge in [0, 0.05) is 0 Å². The second-order valence-electron chi connectivity index (χ2n) is 5.28. The van der Waals surface area contributed by atoms with Gasteiger partial charge in [-0.2, -0.15) is 13.2 Å². The second kappa shape index (κ2) is 5.76. The van der Waals surface area contributed by atoms with Gasteiger partial charge >= 0.3 is 6.18 Å². The van der Waals surface area contributed by atoms with Crippen LogP contribution in [0.4, 0.5) is 13.2 Å². The summed E-state index contributed by atoms with van der Waals surface area (Å²) in [4.78, 5) is 0. The van der Waals surface area contributed by atoms with Gasteiger partial charge in [-0.1, -0.05) is 56.8 Å². The fourth-order valence-corrected chi connectivity index (χ4v) is 2.23. The molecule has 0 radical (unpaired) electrons. The molecule has 2 rings (SSSR count). The molecular formula is C18H17F3. The minimum absolute atomic E-state index is 0.322. The molecule has 0 spiro atoms. The van der Waals surface area contributed by atoms with Crippen molar-refractivity contribution in [2.75, 3.05) is 0 Å². The first-order chi connectivity index (χ1) is 9.82. The molecular weight excluding hydrogens is 273 g/mol. The van der Waals surface area contributed by atoms with Gasteiger partial charge in [0.1, 0.15) is 0 Å². The van der Waals surface area contributed by atoms with E-state index in [1.54, 1.807) is 6.08 Å². The average molecular weight is 290 g/mol. The molecule has 0 nitrogen and oxygen atoms in total. The smallest absolute Gasteiger partial charge is 0.166 e. The van der Waals surface area contributed by atoms with E-state index < -0.39 is 11.7 Å². The van der Waals surface area contributed by atoms with Gasteiger partial charge in [-0.3, -0.25) is 0 Å². The van der Waals surface area contributed by atoms with Crippen LogP contribution in [0.1, 0.15) is 36.5 Å². The van der Waals surface area contributed by atoms with E-state index in [0.717, 1.165) is 17.2 Å². The van der Waals surface area contributed by atoms with Crippen molar-refractivity contribution < 1.29 is 13.2 Å². The number of alkyl halides is 3. The topological polar surface area (TPSA) is 0 Å². The van der Waals surface area contributed by atoms with Gasteiger partial charge < -0.3 is 0 Å². The predicted octanol–water partition coefficient (Wildman–Crippen LogP) is 6.14. The Morgan fingerprint density at radius 1 is 1.05 bits per heavy atom. The van der Waals surface area contributed by atoms with E-state index in [4.69, 9.17) is 0 Å². The quantitative estimate of drug-likeness (QED) is 0.637. The van der Waals surface area contributed by atoms with Crippen molar-refractivity contribution in [1.29, 1.82) is 0 Å². The minimum Gasteiger partial charge on any atom is -0.166 e.